The van der Waals surface area contributed by atoms with Crippen molar-refractivity contribution in [1.29, 1.82) is 0 Å². The van der Waals surface area contributed by atoms with Gasteiger partial charge in [0.2, 0.25) is 11.5 Å². The number of hydrogen-bond donors (Lipinski definition) is 2. The van der Waals surface area contributed by atoms with Gasteiger partial charge >= 0.3 is 6.18 Å². The minimum Gasteiger partial charge on any atom is -0.474 e. The zero-order valence-electron chi connectivity index (χ0n) is 14.8. The fourth-order valence-electron chi connectivity index (χ4n) is 2.81. The van der Waals surface area contributed by atoms with E-state index in [0.717, 1.165) is 0 Å². The highest BCUT2D eigenvalue weighted by molar-refractivity contribution is 5.63. The Morgan fingerprint density at radius 3 is 2.54 bits per heavy atom. The molecule has 2 aromatic rings. The van der Waals surface area contributed by atoms with Crippen LogP contribution in [0.4, 0.5) is 13.2 Å². The first-order valence-electron chi connectivity index (χ1n) is 8.04. The maximum Gasteiger partial charge on any atom is 0.422 e. The van der Waals surface area contributed by atoms with Crippen LogP contribution in [0, 0.1) is 0 Å². The van der Waals surface area contributed by atoms with Crippen molar-refractivity contribution in [3.05, 3.63) is 17.3 Å². The van der Waals surface area contributed by atoms with Crippen LogP contribution in [0.3, 0.4) is 0 Å². The van der Waals surface area contributed by atoms with Gasteiger partial charge in [-0.2, -0.15) is 13.2 Å². The quantitative estimate of drug-likeness (QED) is 0.853. The molecule has 0 fully saturated rings. The van der Waals surface area contributed by atoms with Crippen LogP contribution in [0.5, 0.6) is 5.88 Å². The van der Waals surface area contributed by atoms with E-state index in [-0.39, 0.29) is 30.4 Å². The number of aromatic nitrogens is 3. The highest BCUT2D eigenvalue weighted by Gasteiger charge is 2.55. The number of alkyl halides is 3. The summed E-state index contributed by atoms with van der Waals surface area (Å²) in [5, 5.41) is 27.5. The maximum absolute atomic E-state index is 13.2. The third kappa shape index (κ3) is 3.07. The Balaban J connectivity index is 2.01. The van der Waals surface area contributed by atoms with Gasteiger partial charge in [0.25, 0.3) is 0 Å². The van der Waals surface area contributed by atoms with Crippen molar-refractivity contribution in [2.24, 2.45) is 0 Å². The Morgan fingerprint density at radius 2 is 1.96 bits per heavy atom. The normalized spacial score (nSPS) is 19.7. The molecule has 0 bridgehead atoms. The van der Waals surface area contributed by atoms with Gasteiger partial charge in [-0.25, -0.2) is 0 Å². The first-order valence-corrected chi connectivity index (χ1v) is 8.04. The van der Waals surface area contributed by atoms with Crippen molar-refractivity contribution in [2.75, 3.05) is 6.61 Å². The summed E-state index contributed by atoms with van der Waals surface area (Å²) in [4.78, 5) is 0. The minimum absolute atomic E-state index is 0.00367. The van der Waals surface area contributed by atoms with Gasteiger partial charge in [0.05, 0.1) is 5.60 Å². The summed E-state index contributed by atoms with van der Waals surface area (Å²) >= 11 is 0. The maximum atomic E-state index is 13.2. The smallest absolute Gasteiger partial charge is 0.422 e. The number of fused-ring (bicyclic) bond motifs is 3. The second-order valence-corrected chi connectivity index (χ2v) is 7.40. The van der Waals surface area contributed by atoms with Gasteiger partial charge in [0, 0.05) is 24.1 Å². The fraction of sp³-hybridized carbons (Fsp3) is 0.625. The molecule has 144 valence electrons. The first-order chi connectivity index (χ1) is 11.8. The van der Waals surface area contributed by atoms with E-state index >= 15 is 0 Å². The van der Waals surface area contributed by atoms with Crippen molar-refractivity contribution in [1.82, 2.24) is 14.9 Å². The molecule has 1 aliphatic heterocycles. The molecular formula is C16H20F3N3O4. The summed E-state index contributed by atoms with van der Waals surface area (Å²) in [6, 6.07) is 1.51. The standard InChI is InChI=1S/C16H20F3N3O4/c1-8-6-22-9(5-10(20-22)25-7-14(2,3)23)12-11(8)13(21-26-12)15(4,24)16(17,18)19/h5,8,23-24H,6-7H2,1-4H3/t8-,15+/m0/s1. The third-order valence-corrected chi connectivity index (χ3v) is 4.24. The molecule has 0 unspecified atom stereocenters. The predicted molar refractivity (Wildman–Crippen MR) is 83.6 cm³/mol. The van der Waals surface area contributed by atoms with Crippen LogP contribution >= 0.6 is 0 Å². The molecule has 0 amide bonds. The highest BCUT2D eigenvalue weighted by atomic mass is 19.4. The van der Waals surface area contributed by atoms with Crippen LogP contribution in [0.2, 0.25) is 0 Å². The molecule has 2 atom stereocenters. The summed E-state index contributed by atoms with van der Waals surface area (Å²) in [5.74, 6) is -0.0776. The molecule has 26 heavy (non-hydrogen) atoms. The van der Waals surface area contributed by atoms with Crippen molar-refractivity contribution >= 4 is 0 Å². The van der Waals surface area contributed by atoms with Crippen LogP contribution in [0.15, 0.2) is 10.6 Å². The van der Waals surface area contributed by atoms with E-state index in [0.29, 0.717) is 12.6 Å². The summed E-state index contributed by atoms with van der Waals surface area (Å²) < 4.78 is 51.8. The molecule has 0 spiro atoms. The fourth-order valence-corrected chi connectivity index (χ4v) is 2.81. The van der Waals surface area contributed by atoms with E-state index in [9.17, 15) is 23.4 Å². The van der Waals surface area contributed by atoms with E-state index in [4.69, 9.17) is 9.26 Å². The molecule has 0 saturated heterocycles. The Bertz CT molecular complexity index is 818. The van der Waals surface area contributed by atoms with E-state index in [1.54, 1.807) is 25.5 Å². The van der Waals surface area contributed by atoms with Crippen LogP contribution in [0.25, 0.3) is 11.5 Å². The van der Waals surface area contributed by atoms with E-state index in [1.165, 1.54) is 6.07 Å². The lowest BCUT2D eigenvalue weighted by atomic mass is 9.88. The molecule has 3 heterocycles. The average Bonchev–Trinajstić information content (AvgIpc) is 3.06. The number of aliphatic hydroxyl groups is 2. The molecule has 0 aliphatic carbocycles. The monoisotopic (exact) mass is 375 g/mol. The number of rotatable bonds is 4. The number of hydrogen-bond acceptors (Lipinski definition) is 6. The molecule has 2 N–H and O–H groups in total. The first kappa shape index (κ1) is 18.7. The molecule has 0 radical (unpaired) electrons. The summed E-state index contributed by atoms with van der Waals surface area (Å²) in [7, 11) is 0. The molecule has 0 saturated carbocycles. The topological polar surface area (TPSA) is 93.5 Å². The Labute approximate surface area is 147 Å². The van der Waals surface area contributed by atoms with Crippen LogP contribution in [-0.4, -0.2) is 43.5 Å². The SMILES string of the molecule is C[C@H]1Cn2nc(OCC(C)(C)O)cc2-c2onc([C@@](C)(O)C(F)(F)F)c21. The Kier molecular flexibility index (Phi) is 4.11. The lowest BCUT2D eigenvalue weighted by Gasteiger charge is -2.27. The van der Waals surface area contributed by atoms with Gasteiger partial charge in [-0.05, 0) is 20.8 Å². The van der Waals surface area contributed by atoms with Gasteiger partial charge in [-0.15, -0.1) is 5.10 Å². The molecule has 2 aromatic heterocycles. The molecule has 7 nitrogen and oxygen atoms in total. The summed E-state index contributed by atoms with van der Waals surface area (Å²) in [5.41, 5.74) is -4.12. The van der Waals surface area contributed by atoms with E-state index in [1.807, 2.05) is 0 Å². The Hall–Kier alpha value is -2.07. The van der Waals surface area contributed by atoms with Crippen molar-refractivity contribution in [3.8, 4) is 17.3 Å². The second kappa shape index (κ2) is 5.71. The van der Waals surface area contributed by atoms with E-state index < -0.39 is 29.0 Å². The molecule has 3 rings (SSSR count). The van der Waals surface area contributed by atoms with Gasteiger partial charge in [-0.1, -0.05) is 12.1 Å². The molecule has 10 heteroatoms. The number of ether oxygens (including phenoxy) is 1. The summed E-state index contributed by atoms with van der Waals surface area (Å²) in [6.45, 7) is 5.78. The van der Waals surface area contributed by atoms with Crippen molar-refractivity contribution in [3.63, 3.8) is 0 Å². The van der Waals surface area contributed by atoms with Gasteiger partial charge in [0.1, 0.15) is 18.0 Å². The lowest BCUT2D eigenvalue weighted by molar-refractivity contribution is -0.261. The summed E-state index contributed by atoms with van der Waals surface area (Å²) in [6.07, 6.45) is -4.89. The third-order valence-electron chi connectivity index (χ3n) is 4.24. The average molecular weight is 375 g/mol. The Morgan fingerprint density at radius 1 is 1.31 bits per heavy atom. The number of nitrogens with zero attached hydrogens (tertiary/aromatic N) is 3. The second-order valence-electron chi connectivity index (χ2n) is 7.40. The highest BCUT2D eigenvalue weighted by Crippen LogP contribution is 2.46. The predicted octanol–water partition coefficient (Wildman–Crippen LogP) is 2.57. The zero-order chi connectivity index (χ0) is 19.5. The van der Waals surface area contributed by atoms with Gasteiger partial charge in [0.15, 0.2) is 5.76 Å². The van der Waals surface area contributed by atoms with Crippen molar-refractivity contribution < 1.29 is 32.6 Å². The largest absolute Gasteiger partial charge is 0.474 e. The lowest BCUT2D eigenvalue weighted by Crippen LogP contribution is -2.40. The van der Waals surface area contributed by atoms with Crippen LogP contribution in [0.1, 0.15) is 44.9 Å². The van der Waals surface area contributed by atoms with Crippen molar-refractivity contribution in [2.45, 2.75) is 57.5 Å². The zero-order valence-corrected chi connectivity index (χ0v) is 14.8. The molecular weight excluding hydrogens is 355 g/mol. The van der Waals surface area contributed by atoms with Gasteiger partial charge < -0.3 is 19.5 Å². The van der Waals surface area contributed by atoms with Crippen LogP contribution < -0.4 is 4.74 Å². The van der Waals surface area contributed by atoms with E-state index in [2.05, 4.69) is 10.3 Å². The molecule has 1 aliphatic rings. The van der Waals surface area contributed by atoms with Gasteiger partial charge in [-0.3, -0.25) is 4.68 Å². The number of halogens is 3. The minimum atomic E-state index is -4.89. The van der Waals surface area contributed by atoms with Crippen LogP contribution in [-0.2, 0) is 12.1 Å². The molecule has 0 aromatic carbocycles.